The third-order valence-electron chi connectivity index (χ3n) is 2.77. The van der Waals surface area contributed by atoms with E-state index in [4.69, 9.17) is 9.32 Å². The van der Waals surface area contributed by atoms with Gasteiger partial charge in [-0.2, -0.15) is 0 Å². The number of hydrogen-bond acceptors (Lipinski definition) is 4. The van der Waals surface area contributed by atoms with Gasteiger partial charge in [0.2, 0.25) is 0 Å². The van der Waals surface area contributed by atoms with Crippen LogP contribution >= 0.6 is 0 Å². The minimum absolute atomic E-state index is 0.845. The van der Waals surface area contributed by atoms with Crippen molar-refractivity contribution in [3.8, 4) is 0 Å². The molecule has 0 fully saturated rings. The van der Waals surface area contributed by atoms with Crippen LogP contribution in [0, 0.1) is 0 Å². The van der Waals surface area contributed by atoms with Crippen LogP contribution in [0.1, 0.15) is 0 Å². The minimum atomic E-state index is 0.845. The lowest BCUT2D eigenvalue weighted by atomic mass is 10.2. The number of carbonyl (C=O) groups is 1. The standard InChI is InChI=1S/C9H7N.C7H5NO.CH2O/c1-2-6-9-8(4-1)5-3-7-10-9;1-2-4-7-6(3-1)5-8-9-7;1-2/h1-7H;1-5H;1H2. The molecule has 0 aliphatic carbocycles. The van der Waals surface area contributed by atoms with Gasteiger partial charge in [-0.25, -0.2) is 0 Å². The zero-order valence-electron chi connectivity index (χ0n) is 11.3. The number of nitrogens with zero attached hydrogens (tertiary/aromatic N) is 2. The Balaban J connectivity index is 0.000000138. The lowest BCUT2D eigenvalue weighted by Crippen LogP contribution is -1.73. The molecule has 4 nitrogen and oxygen atoms in total. The van der Waals surface area contributed by atoms with Crippen LogP contribution in [-0.4, -0.2) is 16.9 Å². The zero-order chi connectivity index (χ0) is 14.9. The number of fused-ring (bicyclic) bond motifs is 2. The van der Waals surface area contributed by atoms with Crippen molar-refractivity contribution in [3.63, 3.8) is 0 Å². The first-order valence-corrected chi connectivity index (χ1v) is 6.31. The van der Waals surface area contributed by atoms with Gasteiger partial charge in [0.25, 0.3) is 0 Å². The number of hydrogen-bond donors (Lipinski definition) is 0. The molecule has 0 saturated carbocycles. The first-order valence-electron chi connectivity index (χ1n) is 6.31. The fraction of sp³-hybridized carbons (Fsp3) is 0. The Hall–Kier alpha value is -3.01. The van der Waals surface area contributed by atoms with Gasteiger partial charge in [-0.05, 0) is 24.3 Å². The smallest absolute Gasteiger partial charge is 0.166 e. The summed E-state index contributed by atoms with van der Waals surface area (Å²) in [6.07, 6.45) is 3.51. The summed E-state index contributed by atoms with van der Waals surface area (Å²) in [5.41, 5.74) is 1.91. The van der Waals surface area contributed by atoms with Crippen LogP contribution in [-0.2, 0) is 4.79 Å². The van der Waals surface area contributed by atoms with Crippen LogP contribution in [0.4, 0.5) is 0 Å². The van der Waals surface area contributed by atoms with Crippen LogP contribution < -0.4 is 0 Å². The summed E-state index contributed by atoms with van der Waals surface area (Å²) in [5, 5.41) is 5.88. The van der Waals surface area contributed by atoms with Gasteiger partial charge in [-0.1, -0.05) is 41.6 Å². The molecular formula is C17H14N2O2. The van der Waals surface area contributed by atoms with Gasteiger partial charge >= 0.3 is 0 Å². The second-order valence-electron chi connectivity index (χ2n) is 4.06. The Morgan fingerprint density at radius 2 is 1.48 bits per heavy atom. The molecule has 4 heteroatoms. The van der Waals surface area contributed by atoms with E-state index in [1.807, 2.05) is 61.5 Å². The lowest BCUT2D eigenvalue weighted by molar-refractivity contribution is -0.0979. The Kier molecular flexibility index (Phi) is 5.18. The van der Waals surface area contributed by atoms with Crippen LogP contribution in [0.25, 0.3) is 21.9 Å². The molecule has 2 aromatic heterocycles. The van der Waals surface area contributed by atoms with Gasteiger partial charge in [0.15, 0.2) is 5.58 Å². The van der Waals surface area contributed by atoms with E-state index in [1.54, 1.807) is 6.20 Å². The number of aromatic nitrogens is 2. The summed E-state index contributed by atoms with van der Waals surface area (Å²) >= 11 is 0. The van der Waals surface area contributed by atoms with Crippen molar-refractivity contribution < 1.29 is 9.32 Å². The van der Waals surface area contributed by atoms with E-state index < -0.39 is 0 Å². The molecule has 0 saturated heterocycles. The van der Waals surface area contributed by atoms with Gasteiger partial charge in [0, 0.05) is 17.0 Å². The SMILES string of the molecule is C=O.c1ccc2ncccc2c1.c1ccc2oncc2c1. The summed E-state index contributed by atoms with van der Waals surface area (Å²) in [6, 6.07) is 19.8. The molecule has 104 valence electrons. The maximum Gasteiger partial charge on any atom is 0.166 e. The molecule has 0 aliphatic heterocycles. The number of para-hydroxylation sites is 2. The van der Waals surface area contributed by atoms with Crippen molar-refractivity contribution >= 4 is 28.7 Å². The number of benzene rings is 2. The molecule has 0 spiro atoms. The largest absolute Gasteiger partial charge is 0.356 e. The summed E-state index contributed by atoms with van der Waals surface area (Å²) in [6.45, 7) is 2.00. The average Bonchev–Trinajstić information content (AvgIpc) is 3.06. The Labute approximate surface area is 122 Å². The predicted octanol–water partition coefficient (Wildman–Crippen LogP) is 3.88. The molecule has 2 heterocycles. The van der Waals surface area contributed by atoms with E-state index in [0.717, 1.165) is 16.5 Å². The maximum atomic E-state index is 8.00. The summed E-state index contributed by atoms with van der Waals surface area (Å²) < 4.78 is 4.87. The van der Waals surface area contributed by atoms with Crippen LogP contribution in [0.15, 0.2) is 77.6 Å². The molecule has 0 radical (unpaired) electrons. The normalized spacial score (nSPS) is 9.33. The van der Waals surface area contributed by atoms with Crippen LogP contribution in [0.2, 0.25) is 0 Å². The van der Waals surface area contributed by atoms with E-state index in [9.17, 15) is 0 Å². The third kappa shape index (κ3) is 3.73. The molecule has 0 bridgehead atoms. The summed E-state index contributed by atoms with van der Waals surface area (Å²) in [4.78, 5) is 12.2. The van der Waals surface area contributed by atoms with Crippen molar-refractivity contribution in [2.75, 3.05) is 0 Å². The fourth-order valence-corrected chi connectivity index (χ4v) is 1.83. The van der Waals surface area contributed by atoms with Crippen molar-refractivity contribution in [2.24, 2.45) is 0 Å². The van der Waals surface area contributed by atoms with E-state index >= 15 is 0 Å². The highest BCUT2D eigenvalue weighted by Crippen LogP contribution is 2.10. The quantitative estimate of drug-likeness (QED) is 0.490. The van der Waals surface area contributed by atoms with E-state index in [0.29, 0.717) is 0 Å². The molecule has 2 aromatic carbocycles. The predicted molar refractivity (Wildman–Crippen MR) is 82.9 cm³/mol. The number of pyridine rings is 1. The third-order valence-corrected chi connectivity index (χ3v) is 2.77. The van der Waals surface area contributed by atoms with Crippen molar-refractivity contribution in [1.82, 2.24) is 10.1 Å². The van der Waals surface area contributed by atoms with Gasteiger partial charge in [0.05, 0.1) is 11.7 Å². The number of carbonyl (C=O) groups excluding carboxylic acids is 1. The molecule has 0 atom stereocenters. The van der Waals surface area contributed by atoms with Gasteiger partial charge < -0.3 is 9.32 Å². The average molecular weight is 278 g/mol. The molecular weight excluding hydrogens is 264 g/mol. The second-order valence-corrected chi connectivity index (χ2v) is 4.06. The lowest BCUT2D eigenvalue weighted by Gasteiger charge is -1.91. The summed E-state index contributed by atoms with van der Waals surface area (Å²) in [7, 11) is 0. The van der Waals surface area contributed by atoms with Gasteiger partial charge in [0.1, 0.15) is 6.79 Å². The molecule has 0 N–H and O–H groups in total. The first-order chi connectivity index (χ1) is 10.4. The minimum Gasteiger partial charge on any atom is -0.356 e. The van der Waals surface area contributed by atoms with Crippen LogP contribution in [0.3, 0.4) is 0 Å². The summed E-state index contributed by atoms with van der Waals surface area (Å²) in [5.74, 6) is 0. The highest BCUT2D eigenvalue weighted by atomic mass is 16.5. The topological polar surface area (TPSA) is 56.0 Å². The Morgan fingerprint density at radius 1 is 0.810 bits per heavy atom. The molecule has 4 aromatic rings. The maximum absolute atomic E-state index is 8.00. The van der Waals surface area contributed by atoms with Crippen LogP contribution in [0.5, 0.6) is 0 Å². The van der Waals surface area contributed by atoms with Crippen molar-refractivity contribution in [2.45, 2.75) is 0 Å². The first kappa shape index (κ1) is 14.4. The highest BCUT2D eigenvalue weighted by molar-refractivity contribution is 5.77. The molecule has 0 aliphatic rings. The van der Waals surface area contributed by atoms with Crippen molar-refractivity contribution in [1.29, 1.82) is 0 Å². The molecule has 0 amide bonds. The van der Waals surface area contributed by atoms with Gasteiger partial charge in [-0.15, -0.1) is 0 Å². The monoisotopic (exact) mass is 278 g/mol. The Morgan fingerprint density at radius 3 is 2.24 bits per heavy atom. The van der Waals surface area contributed by atoms with E-state index in [2.05, 4.69) is 22.3 Å². The Bertz CT molecular complexity index is 716. The van der Waals surface area contributed by atoms with Gasteiger partial charge in [-0.3, -0.25) is 4.98 Å². The highest BCUT2D eigenvalue weighted by Gasteiger charge is 1.91. The molecule has 4 rings (SSSR count). The van der Waals surface area contributed by atoms with E-state index in [-0.39, 0.29) is 0 Å². The molecule has 21 heavy (non-hydrogen) atoms. The number of rotatable bonds is 0. The zero-order valence-corrected chi connectivity index (χ0v) is 11.3. The van der Waals surface area contributed by atoms with E-state index in [1.165, 1.54) is 5.39 Å². The fourth-order valence-electron chi connectivity index (χ4n) is 1.83. The molecule has 0 unspecified atom stereocenters. The van der Waals surface area contributed by atoms with Crippen molar-refractivity contribution in [3.05, 3.63) is 73.1 Å². The second kappa shape index (κ2) is 7.55.